The summed E-state index contributed by atoms with van der Waals surface area (Å²) in [7, 11) is 0. The summed E-state index contributed by atoms with van der Waals surface area (Å²) in [5.41, 5.74) is 3.51. The summed E-state index contributed by atoms with van der Waals surface area (Å²) in [6.45, 7) is 10.5. The normalized spacial score (nSPS) is 14.4. The highest BCUT2D eigenvalue weighted by Gasteiger charge is 2.11. The van der Waals surface area contributed by atoms with Crippen LogP contribution in [-0.4, -0.2) is 37.7 Å². The van der Waals surface area contributed by atoms with Crippen LogP contribution in [0.2, 0.25) is 0 Å². The third-order valence-corrected chi connectivity index (χ3v) is 4.68. The van der Waals surface area contributed by atoms with E-state index >= 15 is 0 Å². The molecule has 0 N–H and O–H groups in total. The Morgan fingerprint density at radius 2 is 1.80 bits per heavy atom. The van der Waals surface area contributed by atoms with Crippen molar-refractivity contribution in [2.24, 2.45) is 0 Å². The molecule has 1 heterocycles. The minimum atomic E-state index is 0.522. The van der Waals surface area contributed by atoms with Crippen LogP contribution in [0.1, 0.15) is 18.4 Å². The summed E-state index contributed by atoms with van der Waals surface area (Å²) in [5.74, 6) is 1.84. The fourth-order valence-electron chi connectivity index (χ4n) is 3.26. The summed E-state index contributed by atoms with van der Waals surface area (Å²) in [4.78, 5) is 2.46. The molecular weight excluding hydrogens is 310 g/mol. The smallest absolute Gasteiger partial charge is 0.123 e. The molecular formula is C22H27NO2. The zero-order valence-corrected chi connectivity index (χ0v) is 15.0. The zero-order valence-electron chi connectivity index (χ0n) is 15.0. The van der Waals surface area contributed by atoms with Gasteiger partial charge in [-0.3, -0.25) is 4.90 Å². The van der Waals surface area contributed by atoms with Gasteiger partial charge in [0.05, 0.1) is 0 Å². The van der Waals surface area contributed by atoms with Crippen LogP contribution < -0.4 is 9.47 Å². The Morgan fingerprint density at radius 3 is 2.52 bits per heavy atom. The van der Waals surface area contributed by atoms with Crippen LogP contribution in [0.25, 0.3) is 11.1 Å². The van der Waals surface area contributed by atoms with Crippen molar-refractivity contribution in [2.75, 3.05) is 32.8 Å². The minimum absolute atomic E-state index is 0.522. The van der Waals surface area contributed by atoms with Gasteiger partial charge in [0.25, 0.3) is 0 Å². The predicted molar refractivity (Wildman–Crippen MR) is 103 cm³/mol. The first-order valence-electron chi connectivity index (χ1n) is 9.07. The lowest BCUT2D eigenvalue weighted by Crippen LogP contribution is -2.25. The third kappa shape index (κ3) is 4.64. The summed E-state index contributed by atoms with van der Waals surface area (Å²) in [6, 6.07) is 14.5. The fraction of sp³-hybridized carbons (Fsp3) is 0.364. The van der Waals surface area contributed by atoms with Gasteiger partial charge in [-0.05, 0) is 67.7 Å². The van der Waals surface area contributed by atoms with Crippen LogP contribution in [0.5, 0.6) is 11.5 Å². The summed E-state index contributed by atoms with van der Waals surface area (Å²) in [5, 5.41) is 0. The van der Waals surface area contributed by atoms with Gasteiger partial charge in [-0.15, -0.1) is 0 Å². The Balaban J connectivity index is 1.62. The quantitative estimate of drug-likeness (QED) is 0.652. The number of benzene rings is 2. The lowest BCUT2D eigenvalue weighted by molar-refractivity contribution is 0.238. The van der Waals surface area contributed by atoms with Crippen molar-refractivity contribution in [3.8, 4) is 22.6 Å². The summed E-state index contributed by atoms with van der Waals surface area (Å²) in [6.07, 6.45) is 4.41. The van der Waals surface area contributed by atoms with Gasteiger partial charge in [0, 0.05) is 6.54 Å². The van der Waals surface area contributed by atoms with E-state index < -0.39 is 0 Å². The van der Waals surface area contributed by atoms with E-state index in [2.05, 4.69) is 48.7 Å². The second-order valence-corrected chi connectivity index (χ2v) is 6.45. The van der Waals surface area contributed by atoms with Crippen LogP contribution in [0.3, 0.4) is 0 Å². The van der Waals surface area contributed by atoms with Crippen LogP contribution in [0, 0.1) is 6.92 Å². The molecule has 0 spiro atoms. The molecule has 1 fully saturated rings. The molecule has 1 saturated heterocycles. The third-order valence-electron chi connectivity index (χ3n) is 4.68. The standard InChI is InChI=1S/C22H27NO2/c1-3-16-25-22-8-6-7-21(18(22)2)19-9-11-20(12-10-19)24-17-15-23-13-4-5-14-23/h3,6-12H,1,4-5,13-17H2,2H3. The second kappa shape index (κ2) is 8.72. The van der Waals surface area contributed by atoms with Gasteiger partial charge < -0.3 is 9.47 Å². The zero-order chi connectivity index (χ0) is 17.5. The lowest BCUT2D eigenvalue weighted by Gasteiger charge is -2.15. The molecule has 0 amide bonds. The van der Waals surface area contributed by atoms with Crippen molar-refractivity contribution in [3.63, 3.8) is 0 Å². The Hall–Kier alpha value is -2.26. The van der Waals surface area contributed by atoms with E-state index in [1.165, 1.54) is 37.1 Å². The molecule has 1 aliphatic rings. The van der Waals surface area contributed by atoms with E-state index in [1.54, 1.807) is 6.08 Å². The van der Waals surface area contributed by atoms with Gasteiger partial charge in [0.1, 0.15) is 24.7 Å². The molecule has 2 aromatic carbocycles. The second-order valence-electron chi connectivity index (χ2n) is 6.45. The molecule has 0 saturated carbocycles. The van der Waals surface area contributed by atoms with Crippen molar-refractivity contribution in [1.29, 1.82) is 0 Å². The number of nitrogens with zero attached hydrogens (tertiary/aromatic N) is 1. The number of hydrogen-bond donors (Lipinski definition) is 0. The average Bonchev–Trinajstić information content (AvgIpc) is 3.15. The Kier molecular flexibility index (Phi) is 6.13. The molecule has 2 aromatic rings. The lowest BCUT2D eigenvalue weighted by atomic mass is 10.00. The molecule has 25 heavy (non-hydrogen) atoms. The summed E-state index contributed by atoms with van der Waals surface area (Å²) >= 11 is 0. The minimum Gasteiger partial charge on any atom is -0.492 e. The SMILES string of the molecule is C=CCOc1cccc(-c2ccc(OCCN3CCCC3)cc2)c1C. The highest BCUT2D eigenvalue weighted by molar-refractivity contribution is 5.70. The Bertz CT molecular complexity index is 688. The maximum Gasteiger partial charge on any atom is 0.123 e. The van der Waals surface area contributed by atoms with E-state index in [-0.39, 0.29) is 0 Å². The Morgan fingerprint density at radius 1 is 1.04 bits per heavy atom. The van der Waals surface area contributed by atoms with E-state index in [9.17, 15) is 0 Å². The largest absolute Gasteiger partial charge is 0.492 e. The van der Waals surface area contributed by atoms with E-state index in [0.717, 1.165) is 30.2 Å². The first kappa shape index (κ1) is 17.6. The van der Waals surface area contributed by atoms with Crippen LogP contribution in [-0.2, 0) is 0 Å². The molecule has 0 unspecified atom stereocenters. The number of rotatable bonds is 8. The van der Waals surface area contributed by atoms with Gasteiger partial charge >= 0.3 is 0 Å². The van der Waals surface area contributed by atoms with E-state index in [4.69, 9.17) is 9.47 Å². The van der Waals surface area contributed by atoms with Gasteiger partial charge in [0.15, 0.2) is 0 Å². The number of hydrogen-bond acceptors (Lipinski definition) is 3. The highest BCUT2D eigenvalue weighted by Crippen LogP contribution is 2.31. The molecule has 0 aliphatic carbocycles. The maximum atomic E-state index is 5.89. The number of ether oxygens (including phenoxy) is 2. The Labute approximate surface area is 150 Å². The number of likely N-dealkylation sites (tertiary alicyclic amines) is 1. The van der Waals surface area contributed by atoms with Crippen LogP contribution in [0.15, 0.2) is 55.1 Å². The molecule has 3 rings (SSSR count). The van der Waals surface area contributed by atoms with Crippen molar-refractivity contribution in [2.45, 2.75) is 19.8 Å². The topological polar surface area (TPSA) is 21.7 Å². The first-order chi connectivity index (χ1) is 12.3. The molecule has 0 atom stereocenters. The predicted octanol–water partition coefficient (Wildman–Crippen LogP) is 4.70. The van der Waals surface area contributed by atoms with Crippen molar-refractivity contribution >= 4 is 0 Å². The van der Waals surface area contributed by atoms with Gasteiger partial charge in [-0.25, -0.2) is 0 Å². The van der Waals surface area contributed by atoms with Crippen LogP contribution in [0.4, 0.5) is 0 Å². The molecule has 0 bridgehead atoms. The van der Waals surface area contributed by atoms with Crippen molar-refractivity contribution in [1.82, 2.24) is 4.90 Å². The highest BCUT2D eigenvalue weighted by atomic mass is 16.5. The molecule has 132 valence electrons. The monoisotopic (exact) mass is 337 g/mol. The van der Waals surface area contributed by atoms with Gasteiger partial charge in [-0.1, -0.05) is 36.9 Å². The van der Waals surface area contributed by atoms with Gasteiger partial charge in [-0.2, -0.15) is 0 Å². The summed E-state index contributed by atoms with van der Waals surface area (Å²) < 4.78 is 11.6. The maximum absolute atomic E-state index is 5.89. The van der Waals surface area contributed by atoms with Gasteiger partial charge in [0.2, 0.25) is 0 Å². The molecule has 3 heteroatoms. The first-order valence-corrected chi connectivity index (χ1v) is 9.07. The average molecular weight is 337 g/mol. The molecule has 0 radical (unpaired) electrons. The van der Waals surface area contributed by atoms with E-state index in [0.29, 0.717) is 6.61 Å². The van der Waals surface area contributed by atoms with Crippen LogP contribution >= 0.6 is 0 Å². The van der Waals surface area contributed by atoms with Crippen molar-refractivity contribution < 1.29 is 9.47 Å². The van der Waals surface area contributed by atoms with Crippen molar-refractivity contribution in [3.05, 3.63) is 60.7 Å². The van der Waals surface area contributed by atoms with E-state index in [1.807, 2.05) is 12.1 Å². The molecule has 0 aromatic heterocycles. The molecule has 3 nitrogen and oxygen atoms in total. The molecule has 1 aliphatic heterocycles. The fourth-order valence-corrected chi connectivity index (χ4v) is 3.26.